The Morgan fingerprint density at radius 3 is 2.35 bits per heavy atom. The van der Waals surface area contributed by atoms with Crippen molar-refractivity contribution in [2.45, 2.75) is 25.1 Å². The van der Waals surface area contributed by atoms with Gasteiger partial charge in [0.25, 0.3) is 0 Å². The molecule has 3 atom stereocenters. The maximum atomic E-state index is 12.8. The maximum Gasteiger partial charge on any atom is 0.394 e. The molecule has 2 fully saturated rings. The SMILES string of the molecule is O=C1CC[C@@H](C(=O)N2C[C@@H](C(F)(F)F)[C@H](C(=O)O)C2)N1. The Bertz CT molecular complexity index is 451. The zero-order valence-corrected chi connectivity index (χ0v) is 10.3. The highest BCUT2D eigenvalue weighted by Crippen LogP contribution is 2.38. The fourth-order valence-electron chi connectivity index (χ4n) is 2.59. The van der Waals surface area contributed by atoms with E-state index in [9.17, 15) is 27.6 Å². The summed E-state index contributed by atoms with van der Waals surface area (Å²) >= 11 is 0. The first-order chi connectivity index (χ1) is 9.20. The van der Waals surface area contributed by atoms with Crippen LogP contribution in [-0.4, -0.2) is 53.1 Å². The average molecular weight is 294 g/mol. The van der Waals surface area contributed by atoms with E-state index in [0.29, 0.717) is 0 Å². The third-order valence-corrected chi connectivity index (χ3v) is 3.66. The summed E-state index contributed by atoms with van der Waals surface area (Å²) in [6.45, 7) is -1.16. The summed E-state index contributed by atoms with van der Waals surface area (Å²) in [5, 5.41) is 11.2. The van der Waals surface area contributed by atoms with Crippen molar-refractivity contribution < 1.29 is 32.7 Å². The molecule has 9 heteroatoms. The lowest BCUT2D eigenvalue weighted by Gasteiger charge is -2.21. The highest BCUT2D eigenvalue weighted by Gasteiger charge is 2.54. The molecule has 112 valence electrons. The van der Waals surface area contributed by atoms with Crippen molar-refractivity contribution in [1.29, 1.82) is 0 Å². The van der Waals surface area contributed by atoms with E-state index < -0.39 is 49.0 Å². The molecule has 2 rings (SSSR count). The number of aliphatic carboxylic acids is 1. The van der Waals surface area contributed by atoms with Gasteiger partial charge in [-0.15, -0.1) is 0 Å². The van der Waals surface area contributed by atoms with Crippen LogP contribution in [0.4, 0.5) is 13.2 Å². The summed E-state index contributed by atoms with van der Waals surface area (Å²) in [4.78, 5) is 34.8. The molecule has 2 N–H and O–H groups in total. The lowest BCUT2D eigenvalue weighted by molar-refractivity contribution is -0.188. The van der Waals surface area contributed by atoms with Gasteiger partial charge in [-0.3, -0.25) is 14.4 Å². The molecule has 2 amide bonds. The van der Waals surface area contributed by atoms with E-state index in [-0.39, 0.29) is 18.7 Å². The summed E-state index contributed by atoms with van der Waals surface area (Å²) in [5.41, 5.74) is 0. The molecule has 20 heavy (non-hydrogen) atoms. The Morgan fingerprint density at radius 1 is 1.30 bits per heavy atom. The molecule has 0 radical (unpaired) electrons. The largest absolute Gasteiger partial charge is 0.481 e. The Morgan fingerprint density at radius 2 is 1.95 bits per heavy atom. The number of rotatable bonds is 2. The first-order valence-electron chi connectivity index (χ1n) is 6.08. The Balaban J connectivity index is 2.10. The summed E-state index contributed by atoms with van der Waals surface area (Å²) in [5.74, 6) is -6.27. The first-order valence-corrected chi connectivity index (χ1v) is 6.08. The van der Waals surface area contributed by atoms with Crippen molar-refractivity contribution >= 4 is 17.8 Å². The predicted octanol–water partition coefficient (Wildman–Crippen LogP) is -0.0135. The van der Waals surface area contributed by atoms with Crippen LogP contribution in [0.1, 0.15) is 12.8 Å². The molecule has 0 spiro atoms. The van der Waals surface area contributed by atoms with Crippen molar-refractivity contribution in [2.24, 2.45) is 11.8 Å². The van der Waals surface area contributed by atoms with Gasteiger partial charge in [-0.2, -0.15) is 13.2 Å². The Labute approximate surface area is 111 Å². The number of hydrogen-bond acceptors (Lipinski definition) is 3. The second-order valence-corrected chi connectivity index (χ2v) is 4.99. The number of halogens is 3. The van der Waals surface area contributed by atoms with Crippen molar-refractivity contribution in [1.82, 2.24) is 10.2 Å². The highest BCUT2D eigenvalue weighted by atomic mass is 19.4. The van der Waals surface area contributed by atoms with Crippen LogP contribution in [0.25, 0.3) is 0 Å². The van der Waals surface area contributed by atoms with Gasteiger partial charge in [0.05, 0.1) is 11.8 Å². The number of amides is 2. The molecule has 0 aliphatic carbocycles. The second-order valence-electron chi connectivity index (χ2n) is 4.99. The van der Waals surface area contributed by atoms with Crippen molar-refractivity contribution in [3.05, 3.63) is 0 Å². The Kier molecular flexibility index (Phi) is 3.61. The molecule has 6 nitrogen and oxygen atoms in total. The summed E-state index contributed by atoms with van der Waals surface area (Å²) in [6.07, 6.45) is -4.30. The molecular formula is C11H13F3N2O4. The fraction of sp³-hybridized carbons (Fsp3) is 0.727. The fourth-order valence-corrected chi connectivity index (χ4v) is 2.59. The van der Waals surface area contributed by atoms with Gasteiger partial charge in [0.15, 0.2) is 0 Å². The van der Waals surface area contributed by atoms with E-state index in [0.717, 1.165) is 4.90 Å². The number of carbonyl (C=O) groups is 3. The quantitative estimate of drug-likeness (QED) is 0.750. The predicted molar refractivity (Wildman–Crippen MR) is 58.4 cm³/mol. The van der Waals surface area contributed by atoms with E-state index in [4.69, 9.17) is 5.11 Å². The number of likely N-dealkylation sites (tertiary alicyclic amines) is 1. The van der Waals surface area contributed by atoms with Gasteiger partial charge < -0.3 is 15.3 Å². The molecule has 2 saturated heterocycles. The number of carboxylic acid groups (broad SMARTS) is 1. The van der Waals surface area contributed by atoms with Crippen LogP contribution in [0.3, 0.4) is 0 Å². The Hall–Kier alpha value is -1.80. The van der Waals surface area contributed by atoms with E-state index in [2.05, 4.69) is 5.32 Å². The average Bonchev–Trinajstić information content (AvgIpc) is 2.93. The molecule has 0 aromatic carbocycles. The minimum Gasteiger partial charge on any atom is -0.481 e. The van der Waals surface area contributed by atoms with Gasteiger partial charge in [0, 0.05) is 19.5 Å². The lowest BCUT2D eigenvalue weighted by atomic mass is 9.96. The van der Waals surface area contributed by atoms with Crippen molar-refractivity contribution in [2.75, 3.05) is 13.1 Å². The lowest BCUT2D eigenvalue weighted by Crippen LogP contribution is -2.44. The zero-order valence-electron chi connectivity index (χ0n) is 10.3. The van der Waals surface area contributed by atoms with Crippen molar-refractivity contribution in [3.8, 4) is 0 Å². The summed E-state index contributed by atoms with van der Waals surface area (Å²) in [6, 6.07) is -0.844. The third kappa shape index (κ3) is 2.70. The van der Waals surface area contributed by atoms with E-state index >= 15 is 0 Å². The van der Waals surface area contributed by atoms with Crippen LogP contribution in [0.2, 0.25) is 0 Å². The van der Waals surface area contributed by atoms with Crippen LogP contribution < -0.4 is 5.32 Å². The molecule has 0 bridgehead atoms. The zero-order chi connectivity index (χ0) is 15.1. The smallest absolute Gasteiger partial charge is 0.394 e. The number of alkyl halides is 3. The number of hydrogen-bond donors (Lipinski definition) is 2. The van der Waals surface area contributed by atoms with Crippen LogP contribution in [0.5, 0.6) is 0 Å². The van der Waals surface area contributed by atoms with Gasteiger partial charge in [-0.25, -0.2) is 0 Å². The van der Waals surface area contributed by atoms with E-state index in [1.807, 2.05) is 0 Å². The monoisotopic (exact) mass is 294 g/mol. The van der Waals surface area contributed by atoms with Crippen molar-refractivity contribution in [3.63, 3.8) is 0 Å². The minimum atomic E-state index is -4.67. The van der Waals surface area contributed by atoms with Crippen LogP contribution >= 0.6 is 0 Å². The minimum absolute atomic E-state index is 0.148. The van der Waals surface area contributed by atoms with Gasteiger partial charge in [-0.05, 0) is 6.42 Å². The molecule has 0 unspecified atom stereocenters. The summed E-state index contributed by atoms with van der Waals surface area (Å²) < 4.78 is 38.3. The molecule has 0 aromatic rings. The molecule has 2 heterocycles. The molecule has 0 aromatic heterocycles. The van der Waals surface area contributed by atoms with E-state index in [1.165, 1.54) is 0 Å². The third-order valence-electron chi connectivity index (χ3n) is 3.66. The van der Waals surface area contributed by atoms with Gasteiger partial charge >= 0.3 is 12.1 Å². The molecule has 0 saturated carbocycles. The second kappa shape index (κ2) is 4.95. The van der Waals surface area contributed by atoms with Crippen LogP contribution in [0, 0.1) is 11.8 Å². The van der Waals surface area contributed by atoms with Crippen LogP contribution in [-0.2, 0) is 14.4 Å². The highest BCUT2D eigenvalue weighted by molar-refractivity contribution is 5.91. The van der Waals surface area contributed by atoms with E-state index in [1.54, 1.807) is 0 Å². The van der Waals surface area contributed by atoms with Crippen LogP contribution in [0.15, 0.2) is 0 Å². The number of nitrogens with one attached hydrogen (secondary N) is 1. The van der Waals surface area contributed by atoms with Gasteiger partial charge in [0.1, 0.15) is 6.04 Å². The topological polar surface area (TPSA) is 86.7 Å². The molecular weight excluding hydrogens is 281 g/mol. The summed E-state index contributed by atoms with van der Waals surface area (Å²) in [7, 11) is 0. The number of nitrogens with zero attached hydrogens (tertiary/aromatic N) is 1. The molecule has 2 aliphatic heterocycles. The first kappa shape index (κ1) is 14.6. The number of carbonyl (C=O) groups excluding carboxylic acids is 2. The van der Waals surface area contributed by atoms with Gasteiger partial charge in [0.2, 0.25) is 11.8 Å². The standard InChI is InChI=1S/C11H13F3N2O4/c12-11(13,14)6-4-16(3-5(6)10(19)20)9(18)7-1-2-8(17)15-7/h5-7H,1-4H2,(H,15,17)(H,19,20)/t5-,6-,7+/m1/s1. The van der Waals surface area contributed by atoms with Gasteiger partial charge in [-0.1, -0.05) is 0 Å². The maximum absolute atomic E-state index is 12.8. The molecule has 2 aliphatic rings. The normalized spacial score (nSPS) is 30.4. The number of carboxylic acids is 1.